The van der Waals surface area contributed by atoms with Gasteiger partial charge < -0.3 is 24.0 Å². The Kier molecular flexibility index (Phi) is 11.8. The fourth-order valence-corrected chi connectivity index (χ4v) is 3.35. The molecule has 0 saturated heterocycles. The molecule has 2 aromatic rings. The van der Waals surface area contributed by atoms with Crippen LogP contribution in [-0.4, -0.2) is 71.9 Å². The van der Waals surface area contributed by atoms with Gasteiger partial charge in [0.15, 0.2) is 0 Å². The molecule has 2 unspecified atom stereocenters. The summed E-state index contributed by atoms with van der Waals surface area (Å²) >= 11 is 6.03. The van der Waals surface area contributed by atoms with Gasteiger partial charge in [0.1, 0.15) is 18.3 Å². The van der Waals surface area contributed by atoms with Gasteiger partial charge in [-0.3, -0.25) is 18.5 Å². The normalized spacial score (nSPS) is 13.7. The van der Waals surface area contributed by atoms with Crippen LogP contribution in [0.3, 0.4) is 0 Å². The largest absolute Gasteiger partial charge is 0.759 e. The number of nitrogens with one attached hydrogen (secondary N) is 1. The minimum absolute atomic E-state index is 0.0853. The van der Waals surface area contributed by atoms with E-state index < -0.39 is 15.3 Å². The summed E-state index contributed by atoms with van der Waals surface area (Å²) in [7, 11) is -0.952. The van der Waals surface area contributed by atoms with Gasteiger partial charge in [-0.2, -0.15) is 5.11 Å². The van der Waals surface area contributed by atoms with E-state index in [-0.39, 0.29) is 22.9 Å². The molecule has 2 aromatic carbocycles. The fraction of sp³-hybridized carbons (Fsp3) is 0.429. The lowest BCUT2D eigenvalue weighted by Gasteiger charge is -2.31. The maximum absolute atomic E-state index is 10.8. The second kappa shape index (κ2) is 13.5. The van der Waals surface area contributed by atoms with E-state index in [9.17, 15) is 15.2 Å². The molecule has 0 aliphatic carbocycles. The molecule has 2 N–H and O–H groups in total. The molecule has 12 nitrogen and oxygen atoms in total. The second-order valence-electron chi connectivity index (χ2n) is 8.46. The molecule has 0 aromatic heterocycles. The van der Waals surface area contributed by atoms with E-state index in [0.29, 0.717) is 17.9 Å². The lowest BCUT2D eigenvalue weighted by atomic mass is 10.1. The number of halogens is 1. The number of hydrogen-bond donors (Lipinski definition) is 2. The zero-order chi connectivity index (χ0) is 26.8. The molecule has 0 heterocycles. The van der Waals surface area contributed by atoms with Crippen molar-refractivity contribution < 1.29 is 32.0 Å². The molecule has 0 aliphatic heterocycles. The van der Waals surface area contributed by atoms with Crippen LogP contribution in [0.25, 0.3) is 0 Å². The van der Waals surface area contributed by atoms with Gasteiger partial charge in [-0.25, -0.2) is 0 Å². The fourth-order valence-electron chi connectivity index (χ4n) is 3.14. The summed E-state index contributed by atoms with van der Waals surface area (Å²) < 4.78 is 34.8. The molecule has 0 bridgehead atoms. The molecule has 2 rings (SSSR count). The molecule has 0 saturated carbocycles. The van der Waals surface area contributed by atoms with E-state index in [1.165, 1.54) is 18.2 Å². The van der Waals surface area contributed by atoms with Crippen molar-refractivity contribution in [2.75, 3.05) is 33.7 Å². The van der Waals surface area contributed by atoms with Crippen LogP contribution in [-0.2, 0) is 10.4 Å². The Hall–Kier alpha value is -2.52. The smallest absolute Gasteiger partial charge is 0.271 e. The Morgan fingerprint density at radius 1 is 1.11 bits per heavy atom. The Bertz CT molecular complexity index is 1100. The van der Waals surface area contributed by atoms with Gasteiger partial charge in [-0.1, -0.05) is 23.7 Å². The number of rotatable bonds is 10. The van der Waals surface area contributed by atoms with Gasteiger partial charge in [0, 0.05) is 35.1 Å². The van der Waals surface area contributed by atoms with E-state index in [4.69, 9.17) is 29.1 Å². The third-order valence-corrected chi connectivity index (χ3v) is 5.04. The zero-order valence-electron chi connectivity index (χ0n) is 19.8. The number of benzene rings is 2. The molecule has 0 radical (unpaired) electrons. The van der Waals surface area contributed by atoms with Gasteiger partial charge in [0.2, 0.25) is 0 Å². The first-order chi connectivity index (χ1) is 16.1. The number of azo groups is 1. The highest BCUT2D eigenvalue weighted by atomic mass is 35.5. The van der Waals surface area contributed by atoms with Crippen molar-refractivity contribution in [3.8, 4) is 0 Å². The first-order valence-electron chi connectivity index (χ1n) is 10.4. The lowest BCUT2D eigenvalue weighted by Crippen LogP contribution is -2.48. The maximum Gasteiger partial charge on any atom is 0.271 e. The average molecular weight is 531 g/mol. The van der Waals surface area contributed by atoms with Gasteiger partial charge in [-0.05, 0) is 37.6 Å². The Labute approximate surface area is 209 Å². The van der Waals surface area contributed by atoms with E-state index in [2.05, 4.69) is 36.6 Å². The van der Waals surface area contributed by atoms with Crippen molar-refractivity contribution in [2.24, 2.45) is 10.2 Å². The molecule has 0 amide bonds. The molecule has 0 fully saturated rings. The predicted octanol–water partition coefficient (Wildman–Crippen LogP) is 3.43. The number of likely N-dealkylation sites (N-methyl/N-ethyl adjacent to an activating group) is 1. The number of non-ortho nitro benzene ring substituents is 1. The summed E-state index contributed by atoms with van der Waals surface area (Å²) in [5.41, 5.74) is 2.08. The van der Waals surface area contributed by atoms with E-state index in [1.807, 2.05) is 31.2 Å². The lowest BCUT2D eigenvalue weighted by molar-refractivity contribution is -0.892. The van der Waals surface area contributed by atoms with Gasteiger partial charge in [0.25, 0.3) is 5.69 Å². The van der Waals surface area contributed by atoms with E-state index in [0.717, 1.165) is 23.1 Å². The first kappa shape index (κ1) is 30.5. The van der Waals surface area contributed by atoms with Crippen molar-refractivity contribution in [1.29, 1.82) is 0 Å². The monoisotopic (exact) mass is 530 g/mol. The van der Waals surface area contributed by atoms with Crippen LogP contribution in [0.1, 0.15) is 25.5 Å². The Morgan fingerprint density at radius 3 is 2.17 bits per heavy atom. The summed E-state index contributed by atoms with van der Waals surface area (Å²) in [5, 5.41) is 32.3. The second-order valence-corrected chi connectivity index (χ2v) is 9.68. The Balaban J connectivity index is 0.00000111. The third kappa shape index (κ3) is 13.2. The summed E-state index contributed by atoms with van der Waals surface area (Å²) in [5.74, 6) is 0. The summed E-state index contributed by atoms with van der Waals surface area (Å²) in [4.78, 5) is 10.3. The Morgan fingerprint density at radius 2 is 1.69 bits per heavy atom. The molecule has 194 valence electrons. The van der Waals surface area contributed by atoms with E-state index in [1.54, 1.807) is 0 Å². The average Bonchev–Trinajstić information content (AvgIpc) is 2.70. The highest BCUT2D eigenvalue weighted by Crippen LogP contribution is 2.30. The molecule has 0 aliphatic rings. The highest BCUT2D eigenvalue weighted by molar-refractivity contribution is 7.79. The molecule has 14 heteroatoms. The van der Waals surface area contributed by atoms with Gasteiger partial charge in [-0.15, -0.1) is 5.11 Å². The quantitative estimate of drug-likeness (QED) is 0.117. The minimum atomic E-state index is -5.17. The number of nitrogens with zero attached hydrogens (tertiary/aromatic N) is 4. The van der Waals surface area contributed by atoms with Crippen molar-refractivity contribution in [1.82, 2.24) is 5.32 Å². The first-order valence-corrected chi connectivity index (χ1v) is 12.1. The standard InChI is InChI=1S/C21H29ClN5O3.H2O4S/c1-15(28)14-27(3,4)12-11-23-16(2)17-5-7-18(8-6-17)24-25-21-10-9-19(26(29)30)13-20(21)22;1-5(2,3)4/h5-10,13,15-16,23,28H,11-12,14H2,1-4H3;(H2,1,2,3,4)/q+1;/p-2. The van der Waals surface area contributed by atoms with Crippen molar-refractivity contribution in [2.45, 2.75) is 26.0 Å². The van der Waals surface area contributed by atoms with Crippen LogP contribution in [0.5, 0.6) is 0 Å². The van der Waals surface area contributed by atoms with Crippen molar-refractivity contribution >= 4 is 39.1 Å². The number of aliphatic hydroxyl groups excluding tert-OH is 1. The summed E-state index contributed by atoms with van der Waals surface area (Å²) in [6.45, 7) is 6.37. The summed E-state index contributed by atoms with van der Waals surface area (Å²) in [6, 6.07) is 11.9. The third-order valence-electron chi connectivity index (χ3n) is 4.73. The topological polar surface area (TPSA) is 180 Å². The number of aliphatic hydroxyl groups is 1. The SMILES string of the molecule is CC(O)C[N+](C)(C)CCNC(C)c1ccc(N=Nc2ccc([N+](=O)[O-])cc2Cl)cc1.O=S(=O)([O-])[O-]. The van der Waals surface area contributed by atoms with Crippen LogP contribution >= 0.6 is 11.6 Å². The van der Waals surface area contributed by atoms with Crippen LogP contribution in [0.2, 0.25) is 5.02 Å². The van der Waals surface area contributed by atoms with Crippen LogP contribution in [0, 0.1) is 10.1 Å². The number of hydrogen-bond acceptors (Lipinski definition) is 10. The van der Waals surface area contributed by atoms with Crippen LogP contribution < -0.4 is 5.32 Å². The molecule has 35 heavy (non-hydrogen) atoms. The van der Waals surface area contributed by atoms with Gasteiger partial charge >= 0.3 is 0 Å². The molecule has 2 atom stereocenters. The maximum atomic E-state index is 10.8. The number of nitro benzene ring substituents is 1. The van der Waals surface area contributed by atoms with E-state index >= 15 is 0 Å². The minimum Gasteiger partial charge on any atom is -0.759 e. The zero-order valence-corrected chi connectivity index (χ0v) is 21.4. The molecular weight excluding hydrogens is 502 g/mol. The number of nitro groups is 1. The number of quaternary nitrogens is 1. The molecular formula is C21H29ClN5O7S-. The van der Waals surface area contributed by atoms with Crippen molar-refractivity contribution in [3.63, 3.8) is 0 Å². The predicted molar refractivity (Wildman–Crippen MR) is 129 cm³/mol. The van der Waals surface area contributed by atoms with Crippen LogP contribution in [0.15, 0.2) is 52.7 Å². The van der Waals surface area contributed by atoms with Gasteiger partial charge in [0.05, 0.1) is 36.3 Å². The highest BCUT2D eigenvalue weighted by Gasteiger charge is 2.18. The molecule has 0 spiro atoms. The van der Waals surface area contributed by atoms with Crippen LogP contribution in [0.4, 0.5) is 17.1 Å². The summed E-state index contributed by atoms with van der Waals surface area (Å²) in [6.07, 6.45) is -0.319. The van der Waals surface area contributed by atoms with Crippen molar-refractivity contribution in [3.05, 3.63) is 63.2 Å².